The van der Waals surface area contributed by atoms with Gasteiger partial charge in [0.1, 0.15) is 5.82 Å². The number of hydrogen-bond donors (Lipinski definition) is 2. The monoisotopic (exact) mass is 293 g/mol. The zero-order chi connectivity index (χ0) is 14.1. The molecule has 0 radical (unpaired) electrons. The molecule has 108 valence electrons. The predicted molar refractivity (Wildman–Crippen MR) is 77.8 cm³/mol. The first-order chi connectivity index (χ1) is 9.63. The molecule has 0 bridgehead atoms. The average Bonchev–Trinajstić information content (AvgIpc) is 2.97. The molecule has 0 spiro atoms. The van der Waals surface area contributed by atoms with E-state index in [9.17, 15) is 4.79 Å². The van der Waals surface area contributed by atoms with Crippen LogP contribution in [0.5, 0.6) is 0 Å². The number of piperidine rings is 1. The Morgan fingerprint density at radius 1 is 1.40 bits per heavy atom. The van der Waals surface area contributed by atoms with E-state index >= 15 is 0 Å². The topological polar surface area (TPSA) is 77.7 Å². The maximum absolute atomic E-state index is 11.3. The second-order valence-electron chi connectivity index (χ2n) is 5.29. The van der Waals surface area contributed by atoms with Crippen LogP contribution in [0.2, 0.25) is 0 Å². The Kier molecular flexibility index (Phi) is 3.71. The molecule has 1 aliphatic rings. The fraction of sp³-hybridized carbons (Fsp3) is 0.615. The minimum Gasteiger partial charge on any atom is -0.292 e. The maximum Gasteiger partial charge on any atom is 0.340 e. The van der Waals surface area contributed by atoms with E-state index in [2.05, 4.69) is 32.0 Å². The van der Waals surface area contributed by atoms with E-state index in [0.29, 0.717) is 0 Å². The molecule has 0 aromatic carbocycles. The number of aromatic nitrogens is 4. The zero-order valence-electron chi connectivity index (χ0n) is 11.8. The first-order valence-electron chi connectivity index (χ1n) is 6.95. The van der Waals surface area contributed by atoms with Crippen LogP contribution in [0, 0.1) is 13.8 Å². The van der Waals surface area contributed by atoms with Crippen LogP contribution >= 0.6 is 11.3 Å². The molecule has 1 aliphatic heterocycles. The molecule has 0 saturated carbocycles. The normalized spacial score (nSPS) is 20.4. The van der Waals surface area contributed by atoms with Crippen LogP contribution < -0.4 is 5.69 Å². The quantitative estimate of drug-likeness (QED) is 0.906. The summed E-state index contributed by atoms with van der Waals surface area (Å²) in [6.07, 6.45) is 3.41. The number of thiazole rings is 1. The standard InChI is InChI=1S/C13H19N5OS/c1-8-11(20-9(2)14-8)7-18-6-4-3-5-10(18)12-15-13(19)17-16-12/h10H,3-7H2,1-2H3,(H2,15,16,17,19). The zero-order valence-corrected chi connectivity index (χ0v) is 12.6. The van der Waals surface area contributed by atoms with Crippen molar-refractivity contribution in [2.45, 2.75) is 45.7 Å². The van der Waals surface area contributed by atoms with E-state index in [0.717, 1.165) is 36.0 Å². The van der Waals surface area contributed by atoms with E-state index in [1.54, 1.807) is 11.3 Å². The number of nitrogens with one attached hydrogen (secondary N) is 2. The van der Waals surface area contributed by atoms with Crippen molar-refractivity contribution in [3.63, 3.8) is 0 Å². The second kappa shape index (κ2) is 5.49. The lowest BCUT2D eigenvalue weighted by molar-refractivity contribution is 0.135. The first kappa shape index (κ1) is 13.5. The predicted octanol–water partition coefficient (Wildman–Crippen LogP) is 1.90. The van der Waals surface area contributed by atoms with Gasteiger partial charge in [0.25, 0.3) is 0 Å². The van der Waals surface area contributed by atoms with E-state index in [1.807, 2.05) is 6.92 Å². The molecule has 1 unspecified atom stereocenters. The molecule has 0 amide bonds. The molecule has 6 nitrogen and oxygen atoms in total. The van der Waals surface area contributed by atoms with Crippen molar-refractivity contribution in [1.29, 1.82) is 0 Å². The number of rotatable bonds is 3. The molecular weight excluding hydrogens is 274 g/mol. The summed E-state index contributed by atoms with van der Waals surface area (Å²) >= 11 is 1.76. The van der Waals surface area contributed by atoms with Gasteiger partial charge in [-0.15, -0.1) is 11.3 Å². The van der Waals surface area contributed by atoms with Gasteiger partial charge in [0.05, 0.1) is 16.7 Å². The maximum atomic E-state index is 11.3. The van der Waals surface area contributed by atoms with Crippen molar-refractivity contribution in [3.05, 3.63) is 31.9 Å². The number of likely N-dealkylation sites (tertiary alicyclic amines) is 1. The summed E-state index contributed by atoms with van der Waals surface area (Å²) in [7, 11) is 0. The lowest BCUT2D eigenvalue weighted by Gasteiger charge is -2.33. The summed E-state index contributed by atoms with van der Waals surface area (Å²) in [4.78, 5) is 22.3. The highest BCUT2D eigenvalue weighted by Crippen LogP contribution is 2.31. The Labute approximate surface area is 121 Å². The van der Waals surface area contributed by atoms with Crippen LogP contribution in [0.4, 0.5) is 0 Å². The Hall–Kier alpha value is -1.47. The molecule has 7 heteroatoms. The number of aryl methyl sites for hydroxylation is 2. The Morgan fingerprint density at radius 3 is 2.90 bits per heavy atom. The molecule has 1 saturated heterocycles. The average molecular weight is 293 g/mol. The van der Waals surface area contributed by atoms with Crippen molar-refractivity contribution in [3.8, 4) is 0 Å². The minimum atomic E-state index is -0.227. The van der Waals surface area contributed by atoms with Crippen LogP contribution in [0.3, 0.4) is 0 Å². The third kappa shape index (κ3) is 2.69. The van der Waals surface area contributed by atoms with Crippen LogP contribution in [-0.4, -0.2) is 31.6 Å². The first-order valence-corrected chi connectivity index (χ1v) is 7.76. The van der Waals surface area contributed by atoms with Crippen molar-refractivity contribution >= 4 is 11.3 Å². The molecule has 1 fully saturated rings. The molecule has 2 N–H and O–H groups in total. The van der Waals surface area contributed by atoms with Crippen molar-refractivity contribution < 1.29 is 0 Å². The Balaban J connectivity index is 1.82. The van der Waals surface area contributed by atoms with Crippen LogP contribution in [0.25, 0.3) is 0 Å². The highest BCUT2D eigenvalue weighted by molar-refractivity contribution is 7.11. The van der Waals surface area contributed by atoms with Crippen LogP contribution in [0.1, 0.15) is 46.7 Å². The SMILES string of the molecule is Cc1nc(C)c(CN2CCCCC2c2n[nH]c(=O)[nH]2)s1. The Morgan fingerprint density at radius 2 is 2.25 bits per heavy atom. The van der Waals surface area contributed by atoms with Crippen molar-refractivity contribution in [2.75, 3.05) is 6.54 Å². The van der Waals surface area contributed by atoms with Gasteiger partial charge in [-0.2, -0.15) is 5.10 Å². The summed E-state index contributed by atoms with van der Waals surface area (Å²) < 4.78 is 0. The van der Waals surface area contributed by atoms with Crippen LogP contribution in [-0.2, 0) is 6.54 Å². The van der Waals surface area contributed by atoms with Gasteiger partial charge in [-0.05, 0) is 33.2 Å². The smallest absolute Gasteiger partial charge is 0.292 e. The summed E-state index contributed by atoms with van der Waals surface area (Å²) in [5.74, 6) is 0.758. The fourth-order valence-electron chi connectivity index (χ4n) is 2.84. The Bertz CT molecular complexity index is 643. The summed E-state index contributed by atoms with van der Waals surface area (Å²) in [5, 5.41) is 7.69. The number of H-pyrrole nitrogens is 2. The molecule has 2 aromatic rings. The van der Waals surface area contributed by atoms with E-state index < -0.39 is 0 Å². The van der Waals surface area contributed by atoms with E-state index in [1.165, 1.54) is 17.7 Å². The van der Waals surface area contributed by atoms with Gasteiger partial charge in [0, 0.05) is 11.4 Å². The largest absolute Gasteiger partial charge is 0.340 e. The third-order valence-corrected chi connectivity index (χ3v) is 4.85. The molecule has 0 aliphatic carbocycles. The molecule has 3 rings (SSSR count). The van der Waals surface area contributed by atoms with Gasteiger partial charge in [-0.1, -0.05) is 6.42 Å². The van der Waals surface area contributed by atoms with Crippen LogP contribution in [0.15, 0.2) is 4.79 Å². The second-order valence-corrected chi connectivity index (χ2v) is 6.57. The van der Waals surface area contributed by atoms with Gasteiger partial charge < -0.3 is 0 Å². The lowest BCUT2D eigenvalue weighted by Crippen LogP contribution is -2.33. The highest BCUT2D eigenvalue weighted by atomic mass is 32.1. The number of aromatic amines is 2. The molecule has 20 heavy (non-hydrogen) atoms. The fourth-order valence-corrected chi connectivity index (χ4v) is 3.80. The number of nitrogens with zero attached hydrogens (tertiary/aromatic N) is 3. The van der Waals surface area contributed by atoms with Crippen molar-refractivity contribution in [2.24, 2.45) is 0 Å². The van der Waals surface area contributed by atoms with Gasteiger partial charge >= 0.3 is 5.69 Å². The van der Waals surface area contributed by atoms with Crippen molar-refractivity contribution in [1.82, 2.24) is 25.1 Å². The summed E-state index contributed by atoms with van der Waals surface area (Å²) in [6.45, 7) is 6.03. The van der Waals surface area contributed by atoms with Gasteiger partial charge in [-0.3, -0.25) is 9.88 Å². The highest BCUT2D eigenvalue weighted by Gasteiger charge is 2.27. The minimum absolute atomic E-state index is 0.199. The lowest BCUT2D eigenvalue weighted by atomic mass is 10.0. The summed E-state index contributed by atoms with van der Waals surface area (Å²) in [6, 6.07) is 0.199. The number of hydrogen-bond acceptors (Lipinski definition) is 5. The van der Waals surface area contributed by atoms with Gasteiger partial charge in [-0.25, -0.2) is 14.9 Å². The molecular formula is C13H19N5OS. The molecule has 3 heterocycles. The van der Waals surface area contributed by atoms with E-state index in [4.69, 9.17) is 0 Å². The van der Waals surface area contributed by atoms with Gasteiger partial charge in [0.15, 0.2) is 0 Å². The third-order valence-electron chi connectivity index (χ3n) is 3.80. The summed E-state index contributed by atoms with van der Waals surface area (Å²) in [5.41, 5.74) is 0.891. The molecule has 1 atom stereocenters. The molecule has 2 aromatic heterocycles. The van der Waals surface area contributed by atoms with Gasteiger partial charge in [0.2, 0.25) is 0 Å². The van der Waals surface area contributed by atoms with E-state index in [-0.39, 0.29) is 11.7 Å².